The molecule has 1 amide bonds. The number of phosphoric ester groups is 1. The van der Waals surface area contributed by atoms with E-state index in [0.29, 0.717) is 19.6 Å². The van der Waals surface area contributed by atoms with Gasteiger partial charge in [0, 0.05) is 36.8 Å². The Bertz CT molecular complexity index is 1370. The third-order valence-corrected chi connectivity index (χ3v) is 7.43. The van der Waals surface area contributed by atoms with Gasteiger partial charge in [0.25, 0.3) is 0 Å². The standard InChI is InChI=1S/C25H27N3O7PSSi/c1-25(30,38)24-26-10-11-28(24)23(15-35-36(31,32)33)37-16-17-2-4-19(5-3-17)20-6-8-21(9-7-20)34-14-18-12-22(29)27-13-18/h2-11,18,23,30H,12-15H2,1H3,(H,27,29)(H2,31,32,33)/t18-,23+,25+/m1/s1. The van der Waals surface area contributed by atoms with Crippen molar-refractivity contribution in [1.29, 1.82) is 0 Å². The highest BCUT2D eigenvalue weighted by Crippen LogP contribution is 2.38. The summed E-state index contributed by atoms with van der Waals surface area (Å²) in [6.07, 6.45) is 3.56. The summed E-state index contributed by atoms with van der Waals surface area (Å²) in [7, 11) is -1.49. The van der Waals surface area contributed by atoms with E-state index in [1.165, 1.54) is 13.1 Å². The van der Waals surface area contributed by atoms with Crippen LogP contribution in [0.5, 0.6) is 5.75 Å². The molecule has 4 N–H and O–H groups in total. The number of hydrogen-bond donors (Lipinski definition) is 4. The number of phosphoric acid groups is 1. The van der Waals surface area contributed by atoms with Crippen molar-refractivity contribution >= 4 is 35.1 Å². The highest BCUT2D eigenvalue weighted by molar-refractivity contribution is 7.88. The van der Waals surface area contributed by atoms with E-state index in [0.717, 1.165) is 33.6 Å². The molecule has 3 atom stereocenters. The summed E-state index contributed by atoms with van der Waals surface area (Å²) in [5.41, 5.74) is 2.75. The van der Waals surface area contributed by atoms with Gasteiger partial charge in [0.2, 0.25) is 5.91 Å². The van der Waals surface area contributed by atoms with Gasteiger partial charge in [-0.3, -0.25) is 9.32 Å². The van der Waals surface area contributed by atoms with Gasteiger partial charge >= 0.3 is 7.82 Å². The molecule has 1 aliphatic heterocycles. The number of nitrogens with one attached hydrogen (secondary N) is 1. The summed E-state index contributed by atoms with van der Waals surface area (Å²) in [6.45, 7) is 2.29. The van der Waals surface area contributed by atoms with Crippen LogP contribution in [0.3, 0.4) is 0 Å². The molecule has 3 aromatic rings. The second-order valence-corrected chi connectivity index (χ2v) is 12.2. The van der Waals surface area contributed by atoms with Crippen LogP contribution in [0.25, 0.3) is 11.1 Å². The Labute approximate surface area is 227 Å². The van der Waals surface area contributed by atoms with Crippen molar-refractivity contribution < 1.29 is 33.5 Å². The lowest BCUT2D eigenvalue weighted by atomic mass is 10.0. The van der Waals surface area contributed by atoms with E-state index in [-0.39, 0.29) is 24.3 Å². The molecule has 0 aliphatic carbocycles. The lowest BCUT2D eigenvalue weighted by molar-refractivity contribution is -0.119. The highest BCUT2D eigenvalue weighted by Gasteiger charge is 2.27. The number of rotatable bonds is 9. The molecule has 10 nitrogen and oxygen atoms in total. The Kier molecular flexibility index (Phi) is 8.87. The van der Waals surface area contributed by atoms with Gasteiger partial charge in [-0.2, -0.15) is 0 Å². The summed E-state index contributed by atoms with van der Waals surface area (Å²) < 4.78 is 23.4. The van der Waals surface area contributed by atoms with Crippen molar-refractivity contribution in [3.8, 4) is 22.1 Å². The van der Waals surface area contributed by atoms with Gasteiger partial charge in [-0.15, -0.1) is 11.2 Å². The molecule has 2 aromatic carbocycles. The second kappa shape index (κ2) is 11.9. The monoisotopic (exact) mass is 572 g/mol. The van der Waals surface area contributed by atoms with E-state index in [1.54, 1.807) is 10.8 Å². The quantitative estimate of drug-likeness (QED) is 0.227. The van der Waals surface area contributed by atoms with Gasteiger partial charge in [-0.05, 0) is 42.3 Å². The zero-order valence-electron chi connectivity index (χ0n) is 20.5. The number of ether oxygens (including phenoxy) is 1. The molecule has 2 heterocycles. The molecule has 0 bridgehead atoms. The first-order valence-electron chi connectivity index (χ1n) is 11.7. The minimum atomic E-state index is -4.70. The predicted molar refractivity (Wildman–Crippen MR) is 144 cm³/mol. The minimum absolute atomic E-state index is 0.0637. The Morgan fingerprint density at radius 1 is 1.24 bits per heavy atom. The van der Waals surface area contributed by atoms with Crippen LogP contribution in [-0.2, 0) is 19.1 Å². The van der Waals surface area contributed by atoms with Gasteiger partial charge in [-0.1, -0.05) is 29.5 Å². The Balaban J connectivity index is 1.45. The van der Waals surface area contributed by atoms with Crippen molar-refractivity contribution in [2.45, 2.75) is 23.9 Å². The van der Waals surface area contributed by atoms with Crippen molar-refractivity contribution in [2.24, 2.45) is 5.92 Å². The molecule has 199 valence electrons. The Morgan fingerprint density at radius 3 is 2.47 bits per heavy atom. The summed E-state index contributed by atoms with van der Waals surface area (Å²) in [6, 6.07) is 15.4. The number of aromatic nitrogens is 2. The van der Waals surface area contributed by atoms with Crippen LogP contribution in [0.1, 0.15) is 30.1 Å². The fourth-order valence-corrected chi connectivity index (χ4v) is 5.32. The molecule has 38 heavy (non-hydrogen) atoms. The summed E-state index contributed by atoms with van der Waals surface area (Å²) in [5.74, 6) is 1.25. The second-order valence-electron chi connectivity index (χ2n) is 8.98. The number of benzene rings is 2. The first-order valence-corrected chi connectivity index (χ1v) is 14.6. The van der Waals surface area contributed by atoms with Crippen LogP contribution in [-0.4, -0.2) is 60.4 Å². The molecular weight excluding hydrogens is 545 g/mol. The van der Waals surface area contributed by atoms with E-state index in [2.05, 4.69) is 25.7 Å². The molecule has 4 rings (SSSR count). The average Bonchev–Trinajstić information content (AvgIpc) is 3.52. The van der Waals surface area contributed by atoms with Crippen LogP contribution in [0.4, 0.5) is 0 Å². The Hall–Kier alpha value is -2.79. The smallest absolute Gasteiger partial charge is 0.469 e. The zero-order valence-corrected chi connectivity index (χ0v) is 23.2. The average molecular weight is 573 g/mol. The number of amides is 1. The molecule has 1 aromatic heterocycles. The van der Waals surface area contributed by atoms with Gasteiger partial charge < -0.3 is 29.5 Å². The molecule has 0 saturated carbocycles. The van der Waals surface area contributed by atoms with Crippen LogP contribution in [0, 0.1) is 11.1 Å². The van der Waals surface area contributed by atoms with Crippen molar-refractivity contribution in [2.75, 3.05) is 19.8 Å². The maximum Gasteiger partial charge on any atom is 0.469 e. The SMILES string of the molecule is C[C@](O)([Si])c1nccn1[C@H](COP(=O)(O)O)S#Cc1ccc(-c2ccc(OC[C@H]3CNC(=O)C3)cc2)cc1. The third kappa shape index (κ3) is 7.86. The van der Waals surface area contributed by atoms with E-state index < -0.39 is 18.4 Å². The number of nitrogens with zero attached hydrogens (tertiary/aromatic N) is 2. The first-order chi connectivity index (χ1) is 18.0. The molecule has 13 heteroatoms. The molecule has 3 radical (unpaired) electrons. The zero-order chi connectivity index (χ0) is 27.3. The molecule has 0 spiro atoms. The van der Waals surface area contributed by atoms with Gasteiger partial charge in [0.05, 0.1) is 23.5 Å². The number of imidazole rings is 1. The molecule has 1 fully saturated rings. The predicted octanol–water partition coefficient (Wildman–Crippen LogP) is 2.75. The van der Waals surface area contributed by atoms with E-state index in [9.17, 15) is 24.3 Å². The molecule has 1 aliphatic rings. The molecule has 0 unspecified atom stereocenters. The Morgan fingerprint density at radius 2 is 1.89 bits per heavy atom. The minimum Gasteiger partial charge on any atom is -0.493 e. The number of carbonyl (C=O) groups excluding carboxylic acids is 1. The number of hydrogen-bond acceptors (Lipinski definition) is 6. The maximum atomic E-state index is 11.3. The lowest BCUT2D eigenvalue weighted by Gasteiger charge is -2.22. The van der Waals surface area contributed by atoms with Gasteiger partial charge in [0.15, 0.2) is 0 Å². The van der Waals surface area contributed by atoms with Crippen LogP contribution >= 0.6 is 19.0 Å². The molecule has 1 saturated heterocycles. The summed E-state index contributed by atoms with van der Waals surface area (Å²) in [4.78, 5) is 33.8. The van der Waals surface area contributed by atoms with Crippen molar-refractivity contribution in [1.82, 2.24) is 14.9 Å². The van der Waals surface area contributed by atoms with Crippen LogP contribution in [0.2, 0.25) is 0 Å². The van der Waals surface area contributed by atoms with E-state index in [4.69, 9.17) is 9.26 Å². The maximum absolute atomic E-state index is 11.3. The highest BCUT2D eigenvalue weighted by atomic mass is 32.1. The lowest BCUT2D eigenvalue weighted by Crippen LogP contribution is -2.28. The third-order valence-electron chi connectivity index (χ3n) is 5.73. The van der Waals surface area contributed by atoms with Crippen molar-refractivity contribution in [3.05, 3.63) is 72.3 Å². The molecular formula is C25H27N3O7PSSi. The van der Waals surface area contributed by atoms with Gasteiger partial charge in [0.1, 0.15) is 22.2 Å². The van der Waals surface area contributed by atoms with Crippen molar-refractivity contribution in [3.63, 3.8) is 0 Å². The first kappa shape index (κ1) is 28.2. The van der Waals surface area contributed by atoms with Crippen LogP contribution < -0.4 is 10.1 Å². The van der Waals surface area contributed by atoms with Crippen LogP contribution in [0.15, 0.2) is 60.9 Å². The van der Waals surface area contributed by atoms with E-state index in [1.807, 2.05) is 48.5 Å². The topological polar surface area (TPSA) is 143 Å². The summed E-state index contributed by atoms with van der Waals surface area (Å²) in [5, 5.41) is 14.2. The fourth-order valence-electron chi connectivity index (χ4n) is 3.86. The largest absolute Gasteiger partial charge is 0.493 e. The number of aliphatic hydroxyl groups is 1. The summed E-state index contributed by atoms with van der Waals surface area (Å²) >= 11 is 1.15. The fraction of sp³-hybridized carbons (Fsp3) is 0.320. The normalized spacial score (nSPS) is 17.8. The van der Waals surface area contributed by atoms with Gasteiger partial charge in [-0.25, -0.2) is 9.55 Å². The van der Waals surface area contributed by atoms with E-state index >= 15 is 0 Å². The number of carbonyl (C=O) groups is 1.